The van der Waals surface area contributed by atoms with E-state index < -0.39 is 12.0 Å². The number of hydrogen-bond donors (Lipinski definition) is 2. The molecule has 32 heavy (non-hydrogen) atoms. The highest BCUT2D eigenvalue weighted by molar-refractivity contribution is 5.95. The Morgan fingerprint density at radius 2 is 1.66 bits per heavy atom. The highest BCUT2D eigenvalue weighted by atomic mass is 16.5. The van der Waals surface area contributed by atoms with Crippen molar-refractivity contribution in [1.29, 1.82) is 0 Å². The molecule has 2 atom stereocenters. The molecule has 2 aromatic carbocycles. The Kier molecular flexibility index (Phi) is 6.61. The van der Waals surface area contributed by atoms with Crippen molar-refractivity contribution >= 4 is 12.0 Å². The van der Waals surface area contributed by atoms with Gasteiger partial charge in [0.25, 0.3) is 0 Å². The first-order valence-corrected chi connectivity index (χ1v) is 11.3. The maximum Gasteiger partial charge on any atom is 0.338 e. The van der Waals surface area contributed by atoms with Crippen LogP contribution in [0.25, 0.3) is 0 Å². The molecule has 0 aliphatic carbocycles. The molecule has 0 radical (unpaired) electrons. The van der Waals surface area contributed by atoms with Gasteiger partial charge in [-0.25, -0.2) is 9.59 Å². The zero-order chi connectivity index (χ0) is 22.7. The molecule has 2 N–H and O–H groups in total. The molecule has 0 bridgehead atoms. The van der Waals surface area contributed by atoms with Crippen LogP contribution in [-0.4, -0.2) is 43.1 Å². The first kappa shape index (κ1) is 22.1. The van der Waals surface area contributed by atoms with E-state index in [0.717, 1.165) is 30.6 Å². The predicted octanol–water partition coefficient (Wildman–Crippen LogP) is 3.96. The van der Waals surface area contributed by atoms with E-state index in [1.807, 2.05) is 31.2 Å². The van der Waals surface area contributed by atoms with E-state index in [1.54, 1.807) is 6.92 Å². The number of amides is 2. The Labute approximate surface area is 189 Å². The Morgan fingerprint density at radius 3 is 2.28 bits per heavy atom. The van der Waals surface area contributed by atoms with E-state index in [0.29, 0.717) is 23.7 Å². The molecule has 1 fully saturated rings. The number of benzene rings is 2. The fourth-order valence-corrected chi connectivity index (χ4v) is 4.51. The summed E-state index contributed by atoms with van der Waals surface area (Å²) in [4.78, 5) is 27.8. The van der Waals surface area contributed by atoms with Gasteiger partial charge in [-0.2, -0.15) is 0 Å². The van der Waals surface area contributed by atoms with Gasteiger partial charge < -0.3 is 15.4 Å². The number of aryl methyl sites for hydroxylation is 2. The third kappa shape index (κ3) is 4.86. The molecule has 6 heteroatoms. The van der Waals surface area contributed by atoms with Gasteiger partial charge in [-0.1, -0.05) is 59.7 Å². The van der Waals surface area contributed by atoms with Crippen LogP contribution in [0.15, 0.2) is 59.8 Å². The van der Waals surface area contributed by atoms with Crippen LogP contribution >= 0.6 is 0 Å². The number of hydrogen-bond acceptors (Lipinski definition) is 4. The summed E-state index contributed by atoms with van der Waals surface area (Å²) in [6.45, 7) is 8.49. The van der Waals surface area contributed by atoms with E-state index in [2.05, 4.69) is 46.7 Å². The van der Waals surface area contributed by atoms with Gasteiger partial charge in [-0.3, -0.25) is 4.90 Å². The van der Waals surface area contributed by atoms with Crippen LogP contribution in [0.2, 0.25) is 0 Å². The number of carbonyl (C=O) groups is 2. The first-order chi connectivity index (χ1) is 15.4. The SMILES string of the molecule is CCOC(=O)C1=C(CN2CC[C@@H](c3ccc(C)cc3)C2)NC(=O)N[C@@H]1c1ccc(C)cc1. The zero-order valence-corrected chi connectivity index (χ0v) is 19.0. The maximum atomic E-state index is 13.0. The molecule has 2 aliphatic heterocycles. The number of carbonyl (C=O) groups excluding carboxylic acids is 2. The van der Waals surface area contributed by atoms with Crippen molar-refractivity contribution in [2.45, 2.75) is 39.2 Å². The Balaban J connectivity index is 1.60. The molecule has 168 valence electrons. The van der Waals surface area contributed by atoms with Crippen molar-refractivity contribution in [3.8, 4) is 0 Å². The summed E-state index contributed by atoms with van der Waals surface area (Å²) < 4.78 is 5.38. The molecule has 2 amide bonds. The number of ether oxygens (including phenoxy) is 1. The zero-order valence-electron chi connectivity index (χ0n) is 19.0. The molecule has 0 spiro atoms. The van der Waals surface area contributed by atoms with Gasteiger partial charge in [-0.05, 0) is 50.8 Å². The second kappa shape index (κ2) is 9.57. The summed E-state index contributed by atoms with van der Waals surface area (Å²) in [6.07, 6.45) is 1.05. The number of likely N-dealkylation sites (tertiary alicyclic amines) is 1. The minimum absolute atomic E-state index is 0.281. The van der Waals surface area contributed by atoms with Crippen LogP contribution in [0, 0.1) is 13.8 Å². The van der Waals surface area contributed by atoms with Gasteiger partial charge in [0, 0.05) is 18.8 Å². The van der Waals surface area contributed by atoms with Gasteiger partial charge >= 0.3 is 12.0 Å². The third-order valence-electron chi connectivity index (χ3n) is 6.26. The predicted molar refractivity (Wildman–Crippen MR) is 124 cm³/mol. The molecule has 2 aliphatic rings. The van der Waals surface area contributed by atoms with Crippen molar-refractivity contribution < 1.29 is 14.3 Å². The summed E-state index contributed by atoms with van der Waals surface area (Å²) in [5, 5.41) is 5.80. The van der Waals surface area contributed by atoms with Crippen molar-refractivity contribution in [2.75, 3.05) is 26.2 Å². The van der Waals surface area contributed by atoms with Crippen molar-refractivity contribution in [1.82, 2.24) is 15.5 Å². The van der Waals surface area contributed by atoms with E-state index >= 15 is 0 Å². The monoisotopic (exact) mass is 433 g/mol. The second-order valence-corrected chi connectivity index (χ2v) is 8.69. The molecule has 4 rings (SSSR count). The van der Waals surface area contributed by atoms with Crippen LogP contribution in [0.5, 0.6) is 0 Å². The minimum Gasteiger partial charge on any atom is -0.463 e. The van der Waals surface area contributed by atoms with E-state index in [4.69, 9.17) is 4.74 Å². The fraction of sp³-hybridized carbons (Fsp3) is 0.385. The first-order valence-electron chi connectivity index (χ1n) is 11.3. The fourth-order valence-electron chi connectivity index (χ4n) is 4.51. The average molecular weight is 434 g/mol. The Bertz CT molecular complexity index is 1010. The number of nitrogens with one attached hydrogen (secondary N) is 2. The van der Waals surface area contributed by atoms with Gasteiger partial charge in [0.1, 0.15) is 0 Å². The topological polar surface area (TPSA) is 70.7 Å². The largest absolute Gasteiger partial charge is 0.463 e. The van der Waals surface area contributed by atoms with Crippen molar-refractivity contribution in [2.24, 2.45) is 0 Å². The highest BCUT2D eigenvalue weighted by Gasteiger charge is 2.35. The third-order valence-corrected chi connectivity index (χ3v) is 6.26. The lowest BCUT2D eigenvalue weighted by atomic mass is 9.94. The lowest BCUT2D eigenvalue weighted by Crippen LogP contribution is -2.48. The summed E-state index contributed by atoms with van der Waals surface area (Å²) >= 11 is 0. The lowest BCUT2D eigenvalue weighted by Gasteiger charge is -2.31. The summed E-state index contributed by atoms with van der Waals surface area (Å²) in [7, 11) is 0. The molecule has 0 unspecified atom stereocenters. The standard InChI is InChI=1S/C26H31N3O3/c1-4-32-25(30)23-22(27-26(31)28-24(23)20-11-7-18(3)8-12-20)16-29-14-13-21(15-29)19-9-5-17(2)6-10-19/h5-12,21,24H,4,13-16H2,1-3H3,(H2,27,28,31)/t21-,24-/m1/s1. The highest BCUT2D eigenvalue weighted by Crippen LogP contribution is 2.31. The number of nitrogens with zero attached hydrogens (tertiary/aromatic N) is 1. The second-order valence-electron chi connectivity index (χ2n) is 8.69. The molecule has 0 aromatic heterocycles. The van der Waals surface area contributed by atoms with Gasteiger partial charge in [-0.15, -0.1) is 0 Å². The van der Waals surface area contributed by atoms with Crippen molar-refractivity contribution in [3.05, 3.63) is 82.1 Å². The van der Waals surface area contributed by atoms with Gasteiger partial charge in [0.05, 0.1) is 18.2 Å². The summed E-state index contributed by atoms with van der Waals surface area (Å²) in [5.74, 6) is 0.0578. The van der Waals surface area contributed by atoms with Crippen LogP contribution in [0.1, 0.15) is 47.6 Å². The van der Waals surface area contributed by atoms with Crippen LogP contribution in [0.3, 0.4) is 0 Å². The molecular weight excluding hydrogens is 402 g/mol. The quantitative estimate of drug-likeness (QED) is 0.677. The average Bonchev–Trinajstić information content (AvgIpc) is 3.23. The molecule has 0 saturated carbocycles. The Morgan fingerprint density at radius 1 is 1.03 bits per heavy atom. The number of urea groups is 1. The summed E-state index contributed by atoms with van der Waals surface area (Å²) in [6, 6.07) is 15.7. The van der Waals surface area contributed by atoms with Crippen molar-refractivity contribution in [3.63, 3.8) is 0 Å². The van der Waals surface area contributed by atoms with Crippen LogP contribution in [-0.2, 0) is 9.53 Å². The maximum absolute atomic E-state index is 13.0. The molecule has 2 heterocycles. The van der Waals surface area contributed by atoms with Gasteiger partial charge in [0.15, 0.2) is 0 Å². The number of esters is 1. The molecule has 2 aromatic rings. The molecule has 1 saturated heterocycles. The molecule has 6 nitrogen and oxygen atoms in total. The smallest absolute Gasteiger partial charge is 0.338 e. The van der Waals surface area contributed by atoms with E-state index in [1.165, 1.54) is 11.1 Å². The minimum atomic E-state index is -0.533. The Hall–Kier alpha value is -3.12. The van der Waals surface area contributed by atoms with Crippen LogP contribution in [0.4, 0.5) is 4.79 Å². The number of rotatable bonds is 6. The van der Waals surface area contributed by atoms with E-state index in [-0.39, 0.29) is 12.6 Å². The van der Waals surface area contributed by atoms with E-state index in [9.17, 15) is 9.59 Å². The van der Waals surface area contributed by atoms with Gasteiger partial charge in [0.2, 0.25) is 0 Å². The normalized spacial score (nSPS) is 21.3. The lowest BCUT2D eigenvalue weighted by molar-refractivity contribution is -0.139. The summed E-state index contributed by atoms with van der Waals surface area (Å²) in [5.41, 5.74) is 5.69. The van der Waals surface area contributed by atoms with Crippen LogP contribution < -0.4 is 10.6 Å². The molecular formula is C26H31N3O3.